The Labute approximate surface area is 150 Å². The van der Waals surface area contributed by atoms with Crippen LogP contribution >= 0.6 is 0 Å². The van der Waals surface area contributed by atoms with Gasteiger partial charge in [-0.2, -0.15) is 0 Å². The Morgan fingerprint density at radius 3 is 2.64 bits per heavy atom. The number of hydrogen-bond donors (Lipinski definition) is 1. The van der Waals surface area contributed by atoms with E-state index in [1.54, 1.807) is 0 Å². The normalized spacial score (nSPS) is 28.7. The summed E-state index contributed by atoms with van der Waals surface area (Å²) in [5, 5.41) is 2.45. The van der Waals surface area contributed by atoms with Crippen molar-refractivity contribution in [1.82, 2.24) is 10.2 Å². The zero-order valence-electron chi connectivity index (χ0n) is 15.1. The lowest BCUT2D eigenvalue weighted by Gasteiger charge is -2.26. The molecule has 2 amide bonds. The Morgan fingerprint density at radius 2 is 1.96 bits per heavy atom. The van der Waals surface area contributed by atoms with E-state index in [2.05, 4.69) is 43.4 Å². The molecule has 0 aliphatic carbocycles. The quantitative estimate of drug-likeness (QED) is 0.897. The first-order valence-electron chi connectivity index (χ1n) is 9.19. The molecule has 2 aliphatic rings. The second kappa shape index (κ2) is 7.36. The molecular weight excluding hydrogens is 336 g/mol. The highest BCUT2D eigenvalue weighted by molar-refractivity contribution is 7.92. The molecule has 0 aromatic heterocycles. The first kappa shape index (κ1) is 18.2. The average molecular weight is 365 g/mol. The van der Waals surface area contributed by atoms with Crippen molar-refractivity contribution in [3.8, 4) is 0 Å². The van der Waals surface area contributed by atoms with Crippen LogP contribution in [0.25, 0.3) is 0 Å². The summed E-state index contributed by atoms with van der Waals surface area (Å²) in [5.41, 5.74) is 2.50. The summed E-state index contributed by atoms with van der Waals surface area (Å²) in [4.78, 5) is 14.4. The Hall–Kier alpha value is -1.56. The molecule has 5 nitrogen and oxygen atoms in total. The van der Waals surface area contributed by atoms with Crippen LogP contribution in [0.2, 0.25) is 0 Å². The van der Waals surface area contributed by atoms with E-state index in [9.17, 15) is 13.2 Å². The van der Waals surface area contributed by atoms with Gasteiger partial charge in [-0.3, -0.25) is 0 Å². The van der Waals surface area contributed by atoms with Gasteiger partial charge in [-0.05, 0) is 38.7 Å². The molecule has 2 heterocycles. The van der Waals surface area contributed by atoms with Crippen LogP contribution in [-0.2, 0) is 9.84 Å². The molecule has 1 aromatic carbocycles. The van der Waals surface area contributed by atoms with Crippen molar-refractivity contribution in [1.29, 1.82) is 0 Å². The van der Waals surface area contributed by atoms with E-state index in [4.69, 9.17) is 0 Å². The van der Waals surface area contributed by atoms with Gasteiger partial charge >= 0.3 is 6.03 Å². The van der Waals surface area contributed by atoms with Crippen molar-refractivity contribution < 1.29 is 13.2 Å². The van der Waals surface area contributed by atoms with Crippen LogP contribution in [0.15, 0.2) is 24.3 Å². The van der Waals surface area contributed by atoms with Gasteiger partial charge in [0.25, 0.3) is 0 Å². The number of carbonyl (C=O) groups is 1. The fourth-order valence-corrected chi connectivity index (χ4v) is 5.75. The van der Waals surface area contributed by atoms with Crippen molar-refractivity contribution >= 4 is 15.9 Å². The third-order valence-electron chi connectivity index (χ3n) is 5.58. The van der Waals surface area contributed by atoms with Crippen molar-refractivity contribution in [2.45, 2.75) is 56.7 Å². The molecule has 138 valence electrons. The monoisotopic (exact) mass is 364 g/mol. The summed E-state index contributed by atoms with van der Waals surface area (Å²) in [7, 11) is -3.05. The molecule has 2 aliphatic heterocycles. The van der Waals surface area contributed by atoms with Crippen LogP contribution in [0, 0.1) is 6.92 Å². The van der Waals surface area contributed by atoms with E-state index < -0.39 is 15.1 Å². The number of hydrogen-bond acceptors (Lipinski definition) is 3. The Balaban J connectivity index is 1.58. The van der Waals surface area contributed by atoms with Gasteiger partial charge in [-0.1, -0.05) is 36.2 Å². The molecule has 3 unspecified atom stereocenters. The van der Waals surface area contributed by atoms with Crippen LogP contribution in [0.1, 0.15) is 49.7 Å². The SMILES string of the molecule is Cc1ccc(C2CC(C)N(C(=O)NCC3CCCCS3(=O)=O)C2)cc1. The number of amides is 2. The highest BCUT2D eigenvalue weighted by atomic mass is 32.2. The fourth-order valence-electron chi connectivity index (χ4n) is 3.95. The standard InChI is InChI=1S/C19H28N2O3S/c1-14-6-8-16(9-7-14)17-11-15(2)21(13-17)19(22)20-12-18-5-3-4-10-25(18,23)24/h6-9,15,17-18H,3-5,10-13H2,1-2H3,(H,20,22). The summed E-state index contributed by atoms with van der Waals surface area (Å²) >= 11 is 0. The molecule has 3 rings (SSSR count). The molecule has 0 saturated carbocycles. The molecule has 3 atom stereocenters. The summed E-state index contributed by atoms with van der Waals surface area (Å²) in [6.45, 7) is 5.05. The average Bonchev–Trinajstić information content (AvgIpc) is 2.96. The van der Waals surface area contributed by atoms with Gasteiger partial charge in [0.05, 0.1) is 11.0 Å². The Morgan fingerprint density at radius 1 is 1.24 bits per heavy atom. The second-order valence-corrected chi connectivity index (χ2v) is 9.92. The molecule has 0 spiro atoms. The van der Waals surface area contributed by atoms with Crippen LogP contribution in [0.5, 0.6) is 0 Å². The molecule has 0 bridgehead atoms. The van der Waals surface area contributed by atoms with E-state index in [1.165, 1.54) is 11.1 Å². The predicted octanol–water partition coefficient (Wildman–Crippen LogP) is 2.85. The smallest absolute Gasteiger partial charge is 0.317 e. The van der Waals surface area contributed by atoms with Crippen LogP contribution in [-0.4, -0.2) is 49.5 Å². The zero-order valence-corrected chi connectivity index (χ0v) is 15.9. The molecule has 2 fully saturated rings. The highest BCUT2D eigenvalue weighted by Crippen LogP contribution is 2.31. The molecule has 2 saturated heterocycles. The number of urea groups is 1. The third-order valence-corrected chi connectivity index (χ3v) is 7.85. The molecule has 6 heteroatoms. The van der Waals surface area contributed by atoms with Crippen LogP contribution in [0.4, 0.5) is 4.79 Å². The lowest BCUT2D eigenvalue weighted by atomic mass is 9.96. The van der Waals surface area contributed by atoms with E-state index in [-0.39, 0.29) is 24.4 Å². The highest BCUT2D eigenvalue weighted by Gasteiger charge is 2.34. The lowest BCUT2D eigenvalue weighted by molar-refractivity contribution is 0.195. The van der Waals surface area contributed by atoms with E-state index in [1.807, 2.05) is 4.90 Å². The number of aryl methyl sites for hydroxylation is 1. The molecule has 1 aromatic rings. The Kier molecular flexibility index (Phi) is 5.37. The number of benzene rings is 1. The largest absolute Gasteiger partial charge is 0.337 e. The molecule has 1 N–H and O–H groups in total. The minimum atomic E-state index is -3.05. The van der Waals surface area contributed by atoms with Crippen molar-refractivity contribution in [2.24, 2.45) is 0 Å². The van der Waals surface area contributed by atoms with Crippen molar-refractivity contribution in [3.63, 3.8) is 0 Å². The fraction of sp³-hybridized carbons (Fsp3) is 0.632. The Bertz CT molecular complexity index is 715. The van der Waals surface area contributed by atoms with Gasteiger partial charge < -0.3 is 10.2 Å². The lowest BCUT2D eigenvalue weighted by Crippen LogP contribution is -2.46. The minimum Gasteiger partial charge on any atom is -0.337 e. The summed E-state index contributed by atoms with van der Waals surface area (Å²) in [6, 6.07) is 8.52. The second-order valence-electron chi connectivity index (χ2n) is 7.52. The van der Waals surface area contributed by atoms with Crippen LogP contribution < -0.4 is 5.32 Å². The first-order valence-corrected chi connectivity index (χ1v) is 10.9. The maximum absolute atomic E-state index is 12.6. The number of nitrogens with one attached hydrogen (secondary N) is 1. The maximum atomic E-state index is 12.6. The van der Waals surface area contributed by atoms with E-state index in [0.717, 1.165) is 19.3 Å². The zero-order chi connectivity index (χ0) is 18.0. The van der Waals surface area contributed by atoms with Crippen molar-refractivity contribution in [2.75, 3.05) is 18.8 Å². The number of carbonyl (C=O) groups excluding carboxylic acids is 1. The number of sulfone groups is 1. The van der Waals surface area contributed by atoms with Crippen molar-refractivity contribution in [3.05, 3.63) is 35.4 Å². The molecule has 25 heavy (non-hydrogen) atoms. The first-order chi connectivity index (χ1) is 11.9. The van der Waals surface area contributed by atoms with Gasteiger partial charge in [-0.25, -0.2) is 13.2 Å². The van der Waals surface area contributed by atoms with Crippen LogP contribution in [0.3, 0.4) is 0 Å². The van der Waals surface area contributed by atoms with Gasteiger partial charge in [0.2, 0.25) is 0 Å². The van der Waals surface area contributed by atoms with E-state index in [0.29, 0.717) is 18.9 Å². The van der Waals surface area contributed by atoms with Gasteiger partial charge in [0.1, 0.15) is 0 Å². The number of rotatable bonds is 3. The minimum absolute atomic E-state index is 0.136. The summed E-state index contributed by atoms with van der Waals surface area (Å²) < 4.78 is 24.2. The molecule has 0 radical (unpaired) electrons. The van der Waals surface area contributed by atoms with Gasteiger partial charge in [-0.15, -0.1) is 0 Å². The predicted molar refractivity (Wildman–Crippen MR) is 99.5 cm³/mol. The number of nitrogens with zero attached hydrogens (tertiary/aromatic N) is 1. The third kappa shape index (κ3) is 4.17. The topological polar surface area (TPSA) is 66.5 Å². The van der Waals surface area contributed by atoms with E-state index >= 15 is 0 Å². The number of likely N-dealkylation sites (tertiary alicyclic amines) is 1. The summed E-state index contributed by atoms with van der Waals surface area (Å²) in [5.74, 6) is 0.600. The van der Waals surface area contributed by atoms with Gasteiger partial charge in [0, 0.05) is 25.0 Å². The summed E-state index contributed by atoms with van der Waals surface area (Å²) in [6.07, 6.45) is 3.27. The van der Waals surface area contributed by atoms with Gasteiger partial charge in [0.15, 0.2) is 9.84 Å². The maximum Gasteiger partial charge on any atom is 0.317 e. The molecular formula is C19H28N2O3S.